The van der Waals surface area contributed by atoms with E-state index in [1.807, 2.05) is 18.2 Å². The number of para-hydroxylation sites is 2. The van der Waals surface area contributed by atoms with E-state index in [9.17, 15) is 18.0 Å². The molecule has 22 heavy (non-hydrogen) atoms. The lowest BCUT2D eigenvalue weighted by molar-refractivity contribution is 0.0944. The van der Waals surface area contributed by atoms with E-state index in [0.717, 1.165) is 17.1 Å². The van der Waals surface area contributed by atoms with Crippen LogP contribution in [-0.4, -0.2) is 15.9 Å². The molecule has 0 unspecified atom stereocenters. The number of hydrogen-bond donors (Lipinski definition) is 2. The molecular formula is C15H10F3N3O. The smallest absolute Gasteiger partial charge is 0.254 e. The molecule has 0 spiro atoms. The zero-order valence-electron chi connectivity index (χ0n) is 11.2. The highest BCUT2D eigenvalue weighted by Crippen LogP contribution is 2.15. The molecule has 0 saturated heterocycles. The van der Waals surface area contributed by atoms with Crippen LogP contribution in [0.2, 0.25) is 0 Å². The summed E-state index contributed by atoms with van der Waals surface area (Å²) in [6.07, 6.45) is 0. The highest BCUT2D eigenvalue weighted by atomic mass is 19.2. The maximum Gasteiger partial charge on any atom is 0.254 e. The van der Waals surface area contributed by atoms with Gasteiger partial charge in [-0.05, 0) is 24.3 Å². The van der Waals surface area contributed by atoms with Crippen LogP contribution in [0.25, 0.3) is 11.0 Å². The molecule has 3 aromatic rings. The first-order valence-corrected chi connectivity index (χ1v) is 6.41. The number of rotatable bonds is 3. The van der Waals surface area contributed by atoms with Gasteiger partial charge in [0.2, 0.25) is 0 Å². The molecule has 0 aliphatic heterocycles. The number of fused-ring (bicyclic) bond motifs is 1. The van der Waals surface area contributed by atoms with Crippen molar-refractivity contribution in [3.8, 4) is 0 Å². The summed E-state index contributed by atoms with van der Waals surface area (Å²) in [6.45, 7) is 0.00590. The van der Waals surface area contributed by atoms with Gasteiger partial charge in [-0.3, -0.25) is 4.79 Å². The first-order chi connectivity index (χ1) is 10.6. The summed E-state index contributed by atoms with van der Waals surface area (Å²) in [4.78, 5) is 19.1. The number of hydrogen-bond acceptors (Lipinski definition) is 2. The number of amides is 1. The van der Waals surface area contributed by atoms with Crippen molar-refractivity contribution in [2.45, 2.75) is 6.54 Å². The number of H-pyrrole nitrogens is 1. The van der Waals surface area contributed by atoms with Gasteiger partial charge in [0.1, 0.15) is 5.82 Å². The van der Waals surface area contributed by atoms with Gasteiger partial charge in [-0.15, -0.1) is 0 Å². The Morgan fingerprint density at radius 1 is 1.09 bits per heavy atom. The summed E-state index contributed by atoms with van der Waals surface area (Å²) in [5, 5.41) is 2.40. The molecule has 1 amide bonds. The highest BCUT2D eigenvalue weighted by molar-refractivity contribution is 5.94. The maximum absolute atomic E-state index is 13.5. The van der Waals surface area contributed by atoms with Crippen molar-refractivity contribution in [1.29, 1.82) is 0 Å². The Labute approximate surface area is 123 Å². The SMILES string of the molecule is O=C(NCc1nc2ccccc2[nH]1)c1ccc(F)c(F)c1F. The van der Waals surface area contributed by atoms with E-state index in [4.69, 9.17) is 0 Å². The molecule has 1 aromatic heterocycles. The van der Waals surface area contributed by atoms with Crippen LogP contribution in [0.1, 0.15) is 16.2 Å². The summed E-state index contributed by atoms with van der Waals surface area (Å²) in [6, 6.07) is 8.87. The Balaban J connectivity index is 1.76. The number of imidazole rings is 1. The molecule has 0 bridgehead atoms. The van der Waals surface area contributed by atoms with Crippen LogP contribution in [-0.2, 0) is 6.54 Å². The lowest BCUT2D eigenvalue weighted by Gasteiger charge is -2.05. The predicted octanol–water partition coefficient (Wildman–Crippen LogP) is 2.91. The third kappa shape index (κ3) is 2.52. The number of aromatic amines is 1. The largest absolute Gasteiger partial charge is 0.345 e. The third-order valence-electron chi connectivity index (χ3n) is 3.13. The molecular weight excluding hydrogens is 295 g/mol. The van der Waals surface area contributed by atoms with Crippen LogP contribution < -0.4 is 5.32 Å². The van der Waals surface area contributed by atoms with Crippen LogP contribution in [0.4, 0.5) is 13.2 Å². The highest BCUT2D eigenvalue weighted by Gasteiger charge is 2.18. The minimum Gasteiger partial charge on any atom is -0.345 e. The monoisotopic (exact) mass is 305 g/mol. The second kappa shape index (κ2) is 5.51. The number of halogens is 3. The van der Waals surface area contributed by atoms with Gasteiger partial charge >= 0.3 is 0 Å². The second-order valence-corrected chi connectivity index (χ2v) is 4.61. The van der Waals surface area contributed by atoms with Crippen molar-refractivity contribution in [2.24, 2.45) is 0 Å². The molecule has 2 aromatic carbocycles. The van der Waals surface area contributed by atoms with E-state index >= 15 is 0 Å². The fraction of sp³-hybridized carbons (Fsp3) is 0.0667. The van der Waals surface area contributed by atoms with Crippen LogP contribution in [0.15, 0.2) is 36.4 Å². The molecule has 0 atom stereocenters. The van der Waals surface area contributed by atoms with Crippen molar-refractivity contribution in [3.63, 3.8) is 0 Å². The van der Waals surface area contributed by atoms with Gasteiger partial charge in [-0.1, -0.05) is 12.1 Å². The molecule has 2 N–H and O–H groups in total. The first-order valence-electron chi connectivity index (χ1n) is 6.41. The average molecular weight is 305 g/mol. The molecule has 0 aliphatic rings. The number of aromatic nitrogens is 2. The summed E-state index contributed by atoms with van der Waals surface area (Å²) in [5.74, 6) is -4.90. The Hall–Kier alpha value is -2.83. The van der Waals surface area contributed by atoms with Gasteiger partial charge in [-0.25, -0.2) is 18.2 Å². The lowest BCUT2D eigenvalue weighted by atomic mass is 10.2. The quantitative estimate of drug-likeness (QED) is 0.731. The number of carbonyl (C=O) groups excluding carboxylic acids is 1. The molecule has 0 saturated carbocycles. The molecule has 0 aliphatic carbocycles. The average Bonchev–Trinajstić information content (AvgIpc) is 2.93. The Morgan fingerprint density at radius 3 is 2.64 bits per heavy atom. The fourth-order valence-electron chi connectivity index (χ4n) is 2.05. The summed E-state index contributed by atoms with van der Waals surface area (Å²) < 4.78 is 39.4. The molecule has 4 nitrogen and oxygen atoms in total. The van der Waals surface area contributed by atoms with E-state index < -0.39 is 28.9 Å². The molecule has 3 rings (SSSR count). The second-order valence-electron chi connectivity index (χ2n) is 4.61. The van der Waals surface area contributed by atoms with Crippen molar-refractivity contribution >= 4 is 16.9 Å². The van der Waals surface area contributed by atoms with Gasteiger partial charge in [-0.2, -0.15) is 0 Å². The summed E-state index contributed by atoms with van der Waals surface area (Å²) in [5.41, 5.74) is 0.964. The van der Waals surface area contributed by atoms with Gasteiger partial charge in [0, 0.05) is 0 Å². The van der Waals surface area contributed by atoms with Crippen LogP contribution in [0.5, 0.6) is 0 Å². The minimum absolute atomic E-state index is 0.00590. The van der Waals surface area contributed by atoms with Crippen molar-refractivity contribution in [2.75, 3.05) is 0 Å². The molecule has 0 radical (unpaired) electrons. The lowest BCUT2D eigenvalue weighted by Crippen LogP contribution is -2.25. The topological polar surface area (TPSA) is 57.8 Å². The Bertz CT molecular complexity index is 827. The standard InChI is InChI=1S/C15H10F3N3O/c16-9-6-5-8(13(17)14(9)18)15(22)19-7-12-20-10-3-1-2-4-11(10)21-12/h1-6H,7H2,(H,19,22)(H,20,21). The van der Waals surface area contributed by atoms with Crippen LogP contribution >= 0.6 is 0 Å². The Kier molecular flexibility index (Phi) is 3.54. The number of nitrogens with zero attached hydrogens (tertiary/aromatic N) is 1. The zero-order chi connectivity index (χ0) is 15.7. The van der Waals surface area contributed by atoms with Crippen LogP contribution in [0, 0.1) is 17.5 Å². The number of benzene rings is 2. The molecule has 0 fully saturated rings. The van der Waals surface area contributed by atoms with Crippen LogP contribution in [0.3, 0.4) is 0 Å². The third-order valence-corrected chi connectivity index (χ3v) is 3.13. The Morgan fingerprint density at radius 2 is 1.86 bits per heavy atom. The predicted molar refractivity (Wildman–Crippen MR) is 73.6 cm³/mol. The van der Waals surface area contributed by atoms with Gasteiger partial charge in [0.05, 0.1) is 23.1 Å². The first kappa shape index (κ1) is 14.1. The van der Waals surface area contributed by atoms with E-state index in [0.29, 0.717) is 11.9 Å². The number of nitrogens with one attached hydrogen (secondary N) is 2. The van der Waals surface area contributed by atoms with Crippen molar-refractivity contribution in [1.82, 2.24) is 15.3 Å². The minimum atomic E-state index is -1.67. The van der Waals surface area contributed by atoms with Gasteiger partial charge in [0.25, 0.3) is 5.91 Å². The summed E-state index contributed by atoms with van der Waals surface area (Å²) >= 11 is 0. The van der Waals surface area contributed by atoms with Crippen molar-refractivity contribution in [3.05, 3.63) is 65.2 Å². The van der Waals surface area contributed by atoms with Crippen molar-refractivity contribution < 1.29 is 18.0 Å². The fourth-order valence-corrected chi connectivity index (χ4v) is 2.05. The molecule has 7 heteroatoms. The zero-order valence-corrected chi connectivity index (χ0v) is 11.2. The van der Waals surface area contributed by atoms with Gasteiger partial charge < -0.3 is 10.3 Å². The van der Waals surface area contributed by atoms with E-state index in [1.54, 1.807) is 6.07 Å². The van der Waals surface area contributed by atoms with E-state index in [-0.39, 0.29) is 6.54 Å². The normalized spacial score (nSPS) is 10.9. The molecule has 1 heterocycles. The molecule has 112 valence electrons. The van der Waals surface area contributed by atoms with E-state index in [2.05, 4.69) is 15.3 Å². The van der Waals surface area contributed by atoms with Gasteiger partial charge in [0.15, 0.2) is 17.5 Å². The number of carbonyl (C=O) groups is 1. The maximum atomic E-state index is 13.5. The summed E-state index contributed by atoms with van der Waals surface area (Å²) in [7, 11) is 0. The van der Waals surface area contributed by atoms with E-state index in [1.165, 1.54) is 0 Å².